The number of allylic oxidation sites excluding steroid dienone is 4. The minimum absolute atomic E-state index is 0.0146. The molecule has 0 fully saturated rings. The summed E-state index contributed by atoms with van der Waals surface area (Å²) in [4.78, 5) is 24.6. The number of hydrogen-bond donors (Lipinski definition) is 3. The van der Waals surface area contributed by atoms with E-state index in [2.05, 4.69) is 43.5 Å². The van der Waals surface area contributed by atoms with Crippen LogP contribution in [0.25, 0.3) is 0 Å². The SMILES string of the molecule is CCCCCCCC/C=C\CCCCCCCCCCCC(=O)OCCCCCCCCCCCCCC/C=C\CCCCCCCCCCCCC(=O)NC(CO)C(O)CCCCCCCCCCCCCCCC. The van der Waals surface area contributed by atoms with Crippen LogP contribution in [-0.4, -0.2) is 47.4 Å². The van der Waals surface area contributed by atoms with Gasteiger partial charge in [0, 0.05) is 12.8 Å². The zero-order valence-corrected chi connectivity index (χ0v) is 51.5. The van der Waals surface area contributed by atoms with Gasteiger partial charge in [-0.15, -0.1) is 0 Å². The van der Waals surface area contributed by atoms with Gasteiger partial charge < -0.3 is 20.3 Å². The van der Waals surface area contributed by atoms with E-state index in [4.69, 9.17) is 4.74 Å². The number of unbranched alkanes of at least 4 members (excludes halogenated alkanes) is 50. The first-order valence-electron chi connectivity index (χ1n) is 34.6. The van der Waals surface area contributed by atoms with E-state index >= 15 is 0 Å². The molecule has 0 rings (SSSR count). The third kappa shape index (κ3) is 61.6. The summed E-state index contributed by atoms with van der Waals surface area (Å²) >= 11 is 0. The van der Waals surface area contributed by atoms with Gasteiger partial charge in [0.05, 0.1) is 25.4 Å². The molecule has 76 heavy (non-hydrogen) atoms. The maximum Gasteiger partial charge on any atom is 0.305 e. The van der Waals surface area contributed by atoms with Crippen LogP contribution in [0.15, 0.2) is 24.3 Å². The molecule has 0 bridgehead atoms. The highest BCUT2D eigenvalue weighted by atomic mass is 16.5. The molecule has 2 atom stereocenters. The monoisotopic (exact) mass is 1070 g/mol. The van der Waals surface area contributed by atoms with Crippen LogP contribution in [-0.2, 0) is 14.3 Å². The maximum absolute atomic E-state index is 12.5. The molecule has 0 aliphatic carbocycles. The Bertz CT molecular complexity index is 1190. The lowest BCUT2D eigenvalue weighted by molar-refractivity contribution is -0.143. The van der Waals surface area contributed by atoms with E-state index in [0.29, 0.717) is 25.9 Å². The Morgan fingerprint density at radius 2 is 0.618 bits per heavy atom. The molecule has 0 aromatic carbocycles. The summed E-state index contributed by atoms with van der Waals surface area (Å²) in [5, 5.41) is 23.3. The third-order valence-electron chi connectivity index (χ3n) is 16.2. The summed E-state index contributed by atoms with van der Waals surface area (Å²) in [5.41, 5.74) is 0. The van der Waals surface area contributed by atoms with E-state index in [-0.39, 0.29) is 18.5 Å². The van der Waals surface area contributed by atoms with Crippen LogP contribution in [0.4, 0.5) is 0 Å². The first-order chi connectivity index (χ1) is 37.5. The topological polar surface area (TPSA) is 95.9 Å². The Labute approximate surface area is 475 Å². The molecule has 0 aromatic heterocycles. The van der Waals surface area contributed by atoms with Crippen molar-refractivity contribution in [2.75, 3.05) is 13.2 Å². The fourth-order valence-electron chi connectivity index (χ4n) is 10.9. The molecule has 0 heterocycles. The average Bonchev–Trinajstić information content (AvgIpc) is 3.42. The van der Waals surface area contributed by atoms with E-state index in [0.717, 1.165) is 38.5 Å². The first-order valence-corrected chi connectivity index (χ1v) is 34.6. The zero-order chi connectivity index (χ0) is 55.0. The molecule has 1 amide bonds. The molecule has 0 spiro atoms. The lowest BCUT2D eigenvalue weighted by Crippen LogP contribution is -2.45. The van der Waals surface area contributed by atoms with Crippen molar-refractivity contribution >= 4 is 11.9 Å². The zero-order valence-electron chi connectivity index (χ0n) is 51.5. The average molecular weight is 1070 g/mol. The van der Waals surface area contributed by atoms with Gasteiger partial charge in [0.1, 0.15) is 0 Å². The van der Waals surface area contributed by atoms with Crippen molar-refractivity contribution < 1.29 is 24.5 Å². The highest BCUT2D eigenvalue weighted by Crippen LogP contribution is 2.18. The number of aliphatic hydroxyl groups is 2. The number of amides is 1. The molecule has 0 saturated heterocycles. The van der Waals surface area contributed by atoms with Crippen LogP contribution in [0.2, 0.25) is 0 Å². The van der Waals surface area contributed by atoms with Crippen LogP contribution in [0.5, 0.6) is 0 Å². The predicted molar refractivity (Wildman–Crippen MR) is 333 cm³/mol. The normalized spacial score (nSPS) is 12.6. The smallest absolute Gasteiger partial charge is 0.305 e. The summed E-state index contributed by atoms with van der Waals surface area (Å²) in [5.74, 6) is -0.0201. The number of nitrogens with one attached hydrogen (secondary N) is 1. The highest BCUT2D eigenvalue weighted by molar-refractivity contribution is 5.76. The number of carbonyl (C=O) groups excluding carboxylic acids is 2. The number of ether oxygens (including phenoxy) is 1. The molecule has 0 aromatic rings. The molecule has 2 unspecified atom stereocenters. The van der Waals surface area contributed by atoms with Gasteiger partial charge in [0.15, 0.2) is 0 Å². The van der Waals surface area contributed by atoms with Crippen LogP contribution >= 0.6 is 0 Å². The minimum atomic E-state index is -0.665. The molecule has 0 saturated carbocycles. The molecular formula is C70H135NO5. The molecule has 450 valence electrons. The summed E-state index contributed by atoms with van der Waals surface area (Å²) < 4.78 is 5.51. The van der Waals surface area contributed by atoms with Crippen molar-refractivity contribution in [1.82, 2.24) is 5.32 Å². The summed E-state index contributed by atoms with van der Waals surface area (Å²) in [6.07, 6.45) is 82.2. The van der Waals surface area contributed by atoms with Crippen LogP contribution in [0, 0.1) is 0 Å². The Morgan fingerprint density at radius 1 is 0.355 bits per heavy atom. The third-order valence-corrected chi connectivity index (χ3v) is 16.2. The summed E-state index contributed by atoms with van der Waals surface area (Å²) in [7, 11) is 0. The van der Waals surface area contributed by atoms with Crippen LogP contribution in [0.1, 0.15) is 386 Å². The number of esters is 1. The Balaban J connectivity index is 3.36. The van der Waals surface area contributed by atoms with Crippen molar-refractivity contribution in [3.63, 3.8) is 0 Å². The summed E-state index contributed by atoms with van der Waals surface area (Å²) in [6, 6.07) is -0.542. The van der Waals surface area contributed by atoms with E-state index in [1.54, 1.807) is 0 Å². The van der Waals surface area contributed by atoms with E-state index in [1.807, 2.05) is 0 Å². The van der Waals surface area contributed by atoms with Crippen molar-refractivity contribution in [1.29, 1.82) is 0 Å². The number of hydrogen-bond acceptors (Lipinski definition) is 5. The Hall–Kier alpha value is -1.66. The van der Waals surface area contributed by atoms with E-state index in [1.165, 1.54) is 315 Å². The van der Waals surface area contributed by atoms with Gasteiger partial charge in [-0.2, -0.15) is 0 Å². The maximum atomic E-state index is 12.5. The first kappa shape index (κ1) is 74.3. The van der Waals surface area contributed by atoms with Crippen LogP contribution in [0.3, 0.4) is 0 Å². The molecule has 6 nitrogen and oxygen atoms in total. The molecule has 6 heteroatoms. The summed E-state index contributed by atoms with van der Waals surface area (Å²) in [6.45, 7) is 4.98. The standard InChI is InChI=1S/C70H135NO5/c1-3-5-7-9-11-13-15-17-19-20-29-33-36-40-44-48-52-56-60-64-70(75)76-65-61-57-53-49-45-41-37-34-31-28-26-24-22-21-23-25-27-30-32-35-39-43-47-51-55-59-63-69(74)71-67(66-72)68(73)62-58-54-50-46-42-38-18-16-14-12-10-8-6-4-2/h17,19,21,23,67-68,72-73H,3-16,18,20,22,24-66H2,1-2H3,(H,71,74)/b19-17-,23-21-. The quantitative estimate of drug-likeness (QED) is 0.0320. The second kappa shape index (κ2) is 65.9. The van der Waals surface area contributed by atoms with E-state index in [9.17, 15) is 19.8 Å². The molecule has 0 radical (unpaired) electrons. The Kier molecular flexibility index (Phi) is 64.4. The van der Waals surface area contributed by atoms with Gasteiger partial charge in [-0.1, -0.05) is 321 Å². The Morgan fingerprint density at radius 3 is 0.934 bits per heavy atom. The van der Waals surface area contributed by atoms with Gasteiger partial charge in [-0.25, -0.2) is 0 Å². The molecular weight excluding hydrogens is 935 g/mol. The van der Waals surface area contributed by atoms with E-state index < -0.39 is 12.1 Å². The second-order valence-corrected chi connectivity index (χ2v) is 23.9. The fourth-order valence-corrected chi connectivity index (χ4v) is 10.9. The van der Waals surface area contributed by atoms with Crippen molar-refractivity contribution in [3.05, 3.63) is 24.3 Å². The van der Waals surface area contributed by atoms with Crippen LogP contribution < -0.4 is 5.32 Å². The highest BCUT2D eigenvalue weighted by Gasteiger charge is 2.20. The largest absolute Gasteiger partial charge is 0.466 e. The van der Waals surface area contributed by atoms with Gasteiger partial charge in [-0.05, 0) is 77.0 Å². The van der Waals surface area contributed by atoms with Crippen molar-refractivity contribution in [3.8, 4) is 0 Å². The molecule has 0 aliphatic rings. The number of rotatable bonds is 65. The molecule has 0 aliphatic heterocycles. The number of carbonyl (C=O) groups is 2. The lowest BCUT2D eigenvalue weighted by atomic mass is 10.0. The van der Waals surface area contributed by atoms with Gasteiger partial charge in [-0.3, -0.25) is 9.59 Å². The molecule has 3 N–H and O–H groups in total. The minimum Gasteiger partial charge on any atom is -0.466 e. The predicted octanol–water partition coefficient (Wildman–Crippen LogP) is 22.1. The van der Waals surface area contributed by atoms with Gasteiger partial charge in [0.2, 0.25) is 5.91 Å². The van der Waals surface area contributed by atoms with Gasteiger partial charge in [0.25, 0.3) is 0 Å². The van der Waals surface area contributed by atoms with Crippen molar-refractivity contribution in [2.45, 2.75) is 398 Å². The second-order valence-electron chi connectivity index (χ2n) is 23.9. The van der Waals surface area contributed by atoms with Crippen molar-refractivity contribution in [2.24, 2.45) is 0 Å². The van der Waals surface area contributed by atoms with Gasteiger partial charge >= 0.3 is 5.97 Å². The fraction of sp³-hybridized carbons (Fsp3) is 0.914. The number of aliphatic hydroxyl groups excluding tert-OH is 2. The lowest BCUT2D eigenvalue weighted by Gasteiger charge is -2.22.